The normalized spacial score (nSPS) is 16.2. The van der Waals surface area contributed by atoms with Crippen LogP contribution >= 0.6 is 0 Å². The standard InChI is InChI=1S/C22H25NO6/c1-17-15-23(11-12-26-17)21(24)16-29-22(25)19-9-5-6-10-20(19)28-14-13-27-18-7-3-2-4-8-18/h2-10,17H,11-16H2,1H3. The smallest absolute Gasteiger partial charge is 0.342 e. The molecule has 1 amide bonds. The van der Waals surface area contributed by atoms with Gasteiger partial charge in [0, 0.05) is 13.1 Å². The zero-order chi connectivity index (χ0) is 20.5. The average molecular weight is 399 g/mol. The maximum absolute atomic E-state index is 12.4. The fraction of sp³-hybridized carbons (Fsp3) is 0.364. The van der Waals surface area contributed by atoms with Gasteiger partial charge in [-0.25, -0.2) is 4.79 Å². The molecule has 154 valence electrons. The van der Waals surface area contributed by atoms with Gasteiger partial charge in [-0.2, -0.15) is 0 Å². The summed E-state index contributed by atoms with van der Waals surface area (Å²) in [5, 5.41) is 0. The van der Waals surface area contributed by atoms with E-state index in [1.54, 1.807) is 29.2 Å². The molecule has 7 heteroatoms. The van der Waals surface area contributed by atoms with Crippen molar-refractivity contribution < 1.29 is 28.5 Å². The summed E-state index contributed by atoms with van der Waals surface area (Å²) >= 11 is 0. The highest BCUT2D eigenvalue weighted by Gasteiger charge is 2.23. The van der Waals surface area contributed by atoms with Gasteiger partial charge in [-0.05, 0) is 31.2 Å². The number of amides is 1. The lowest BCUT2D eigenvalue weighted by atomic mass is 10.2. The molecule has 1 saturated heterocycles. The summed E-state index contributed by atoms with van der Waals surface area (Å²) in [6.07, 6.45) is -0.0179. The fourth-order valence-electron chi connectivity index (χ4n) is 2.93. The van der Waals surface area contributed by atoms with Gasteiger partial charge < -0.3 is 23.8 Å². The zero-order valence-corrected chi connectivity index (χ0v) is 16.4. The summed E-state index contributed by atoms with van der Waals surface area (Å²) < 4.78 is 21.9. The van der Waals surface area contributed by atoms with Crippen LogP contribution in [0, 0.1) is 0 Å². The third-order valence-corrected chi connectivity index (χ3v) is 4.38. The van der Waals surface area contributed by atoms with E-state index < -0.39 is 5.97 Å². The molecule has 1 atom stereocenters. The summed E-state index contributed by atoms with van der Waals surface area (Å²) in [5.74, 6) is 0.309. The molecule has 7 nitrogen and oxygen atoms in total. The minimum absolute atomic E-state index is 0.0179. The van der Waals surface area contributed by atoms with E-state index in [-0.39, 0.29) is 30.8 Å². The third-order valence-electron chi connectivity index (χ3n) is 4.38. The molecular formula is C22H25NO6. The number of esters is 1. The molecule has 0 N–H and O–H groups in total. The Bertz CT molecular complexity index is 810. The molecule has 1 aliphatic heterocycles. The van der Waals surface area contributed by atoms with Gasteiger partial charge in [0.15, 0.2) is 6.61 Å². The van der Waals surface area contributed by atoms with E-state index in [1.807, 2.05) is 37.3 Å². The van der Waals surface area contributed by atoms with Crippen LogP contribution in [0.25, 0.3) is 0 Å². The van der Waals surface area contributed by atoms with Crippen molar-refractivity contribution in [2.75, 3.05) is 39.5 Å². The molecule has 0 saturated carbocycles. The van der Waals surface area contributed by atoms with Gasteiger partial charge in [-0.1, -0.05) is 30.3 Å². The first-order chi connectivity index (χ1) is 14.1. The fourth-order valence-corrected chi connectivity index (χ4v) is 2.93. The molecule has 29 heavy (non-hydrogen) atoms. The van der Waals surface area contributed by atoms with Gasteiger partial charge in [0.25, 0.3) is 5.91 Å². The minimum atomic E-state index is -0.598. The summed E-state index contributed by atoms with van der Waals surface area (Å²) in [6.45, 7) is 3.68. The maximum atomic E-state index is 12.4. The number of morpholine rings is 1. The second-order valence-electron chi connectivity index (χ2n) is 6.60. The monoisotopic (exact) mass is 399 g/mol. The van der Waals surface area contributed by atoms with Crippen LogP contribution in [0.3, 0.4) is 0 Å². The second-order valence-corrected chi connectivity index (χ2v) is 6.60. The van der Waals surface area contributed by atoms with Crippen molar-refractivity contribution in [3.8, 4) is 11.5 Å². The summed E-state index contributed by atoms with van der Waals surface area (Å²) in [6, 6.07) is 16.2. The van der Waals surface area contributed by atoms with E-state index >= 15 is 0 Å². The number of benzene rings is 2. The molecule has 0 aliphatic carbocycles. The van der Waals surface area contributed by atoms with Gasteiger partial charge in [-0.3, -0.25) is 4.79 Å². The minimum Gasteiger partial charge on any atom is -0.490 e. The summed E-state index contributed by atoms with van der Waals surface area (Å²) in [5.41, 5.74) is 0.273. The molecular weight excluding hydrogens is 374 g/mol. The number of hydrogen-bond acceptors (Lipinski definition) is 6. The highest BCUT2D eigenvalue weighted by Crippen LogP contribution is 2.19. The second kappa shape index (κ2) is 10.5. The Kier molecular flexibility index (Phi) is 7.47. The molecule has 1 unspecified atom stereocenters. The number of rotatable bonds is 8. The molecule has 1 heterocycles. The quantitative estimate of drug-likeness (QED) is 0.502. The zero-order valence-electron chi connectivity index (χ0n) is 16.4. The van der Waals surface area contributed by atoms with Crippen molar-refractivity contribution in [1.29, 1.82) is 0 Å². The Balaban J connectivity index is 1.48. The van der Waals surface area contributed by atoms with Crippen molar-refractivity contribution in [2.45, 2.75) is 13.0 Å². The van der Waals surface area contributed by atoms with E-state index in [0.29, 0.717) is 32.1 Å². The number of carbonyl (C=O) groups is 2. The van der Waals surface area contributed by atoms with E-state index in [0.717, 1.165) is 5.75 Å². The molecule has 3 rings (SSSR count). The topological polar surface area (TPSA) is 74.3 Å². The molecule has 0 spiro atoms. The van der Waals surface area contributed by atoms with Crippen LogP contribution in [-0.4, -0.2) is 62.4 Å². The number of ether oxygens (including phenoxy) is 4. The lowest BCUT2D eigenvalue weighted by Gasteiger charge is -2.30. The van der Waals surface area contributed by atoms with Crippen LogP contribution in [0.4, 0.5) is 0 Å². The van der Waals surface area contributed by atoms with Gasteiger partial charge in [0.2, 0.25) is 0 Å². The van der Waals surface area contributed by atoms with E-state index in [4.69, 9.17) is 18.9 Å². The van der Waals surface area contributed by atoms with E-state index in [1.165, 1.54) is 0 Å². The first-order valence-corrected chi connectivity index (χ1v) is 9.59. The Hall–Kier alpha value is -3.06. The summed E-state index contributed by atoms with van der Waals surface area (Å²) in [4.78, 5) is 26.3. The Morgan fingerprint density at radius 1 is 1.03 bits per heavy atom. The van der Waals surface area contributed by atoms with Crippen molar-refractivity contribution in [1.82, 2.24) is 4.90 Å². The van der Waals surface area contributed by atoms with Crippen LogP contribution in [0.15, 0.2) is 54.6 Å². The number of carbonyl (C=O) groups excluding carboxylic acids is 2. The van der Waals surface area contributed by atoms with Gasteiger partial charge in [0.05, 0.1) is 12.7 Å². The number of nitrogens with zero attached hydrogens (tertiary/aromatic N) is 1. The Morgan fingerprint density at radius 3 is 2.55 bits per heavy atom. The van der Waals surface area contributed by atoms with Gasteiger partial charge >= 0.3 is 5.97 Å². The van der Waals surface area contributed by atoms with Gasteiger partial charge in [-0.15, -0.1) is 0 Å². The maximum Gasteiger partial charge on any atom is 0.342 e. The summed E-state index contributed by atoms with van der Waals surface area (Å²) in [7, 11) is 0. The van der Waals surface area contributed by atoms with E-state index in [9.17, 15) is 9.59 Å². The number of para-hydroxylation sites is 2. The lowest BCUT2D eigenvalue weighted by molar-refractivity contribution is -0.141. The molecule has 2 aromatic carbocycles. The molecule has 0 radical (unpaired) electrons. The first kappa shape index (κ1) is 20.7. The van der Waals surface area contributed by atoms with Crippen molar-refractivity contribution in [3.63, 3.8) is 0 Å². The largest absolute Gasteiger partial charge is 0.490 e. The molecule has 0 bridgehead atoms. The predicted molar refractivity (Wildman–Crippen MR) is 106 cm³/mol. The van der Waals surface area contributed by atoms with Crippen molar-refractivity contribution in [3.05, 3.63) is 60.2 Å². The molecule has 1 aliphatic rings. The van der Waals surface area contributed by atoms with Gasteiger partial charge in [0.1, 0.15) is 30.3 Å². The SMILES string of the molecule is CC1CN(C(=O)COC(=O)c2ccccc2OCCOc2ccccc2)CCO1. The first-order valence-electron chi connectivity index (χ1n) is 9.59. The highest BCUT2D eigenvalue weighted by atomic mass is 16.5. The van der Waals surface area contributed by atoms with Crippen LogP contribution in [0.2, 0.25) is 0 Å². The average Bonchev–Trinajstić information content (AvgIpc) is 2.76. The predicted octanol–water partition coefficient (Wildman–Crippen LogP) is 2.55. The van der Waals surface area contributed by atoms with Crippen LogP contribution in [0.1, 0.15) is 17.3 Å². The third kappa shape index (κ3) is 6.22. The van der Waals surface area contributed by atoms with Crippen molar-refractivity contribution >= 4 is 11.9 Å². The van der Waals surface area contributed by atoms with Crippen LogP contribution < -0.4 is 9.47 Å². The molecule has 1 fully saturated rings. The molecule has 0 aromatic heterocycles. The van der Waals surface area contributed by atoms with Crippen LogP contribution in [-0.2, 0) is 14.3 Å². The van der Waals surface area contributed by atoms with E-state index in [2.05, 4.69) is 0 Å². The number of hydrogen-bond donors (Lipinski definition) is 0. The Morgan fingerprint density at radius 2 is 1.76 bits per heavy atom. The molecule has 2 aromatic rings. The van der Waals surface area contributed by atoms with Crippen LogP contribution in [0.5, 0.6) is 11.5 Å². The van der Waals surface area contributed by atoms with Crippen molar-refractivity contribution in [2.24, 2.45) is 0 Å². The lowest BCUT2D eigenvalue weighted by Crippen LogP contribution is -2.46. The highest BCUT2D eigenvalue weighted by molar-refractivity contribution is 5.94. The Labute approximate surface area is 170 Å².